The molecule has 0 spiro atoms. The minimum atomic E-state index is 0.223. The molecule has 4 heteroatoms. The van der Waals surface area contributed by atoms with Gasteiger partial charge in [0.25, 0.3) is 0 Å². The molecule has 1 rings (SSSR count). The molecule has 1 aliphatic heterocycles. The molecule has 1 unspecified atom stereocenters. The van der Waals surface area contributed by atoms with Crippen molar-refractivity contribution in [2.75, 3.05) is 39.9 Å². The number of hydrogen-bond donors (Lipinski definition) is 0. The highest BCUT2D eigenvalue weighted by Crippen LogP contribution is 2.03. The van der Waals surface area contributed by atoms with E-state index in [2.05, 4.69) is 18.7 Å². The Morgan fingerprint density at radius 3 is 2.60 bits per heavy atom. The molecule has 0 aromatic heterocycles. The Morgan fingerprint density at radius 1 is 1.47 bits per heavy atom. The van der Waals surface area contributed by atoms with Gasteiger partial charge in [-0.1, -0.05) is 6.92 Å². The number of rotatable bonds is 4. The Morgan fingerprint density at radius 2 is 2.07 bits per heavy atom. The van der Waals surface area contributed by atoms with Crippen molar-refractivity contribution in [3.8, 4) is 0 Å². The van der Waals surface area contributed by atoms with Gasteiger partial charge in [-0.3, -0.25) is 9.69 Å². The monoisotopic (exact) mass is 214 g/mol. The first-order valence-electron chi connectivity index (χ1n) is 5.71. The van der Waals surface area contributed by atoms with E-state index < -0.39 is 0 Å². The number of hydrogen-bond acceptors (Lipinski definition) is 3. The van der Waals surface area contributed by atoms with Gasteiger partial charge in [0.1, 0.15) is 0 Å². The smallest absolute Gasteiger partial charge is 0.236 e. The third-order valence-corrected chi connectivity index (χ3v) is 3.09. The van der Waals surface area contributed by atoms with E-state index in [1.807, 2.05) is 11.9 Å². The van der Waals surface area contributed by atoms with Crippen molar-refractivity contribution in [1.82, 2.24) is 9.80 Å². The van der Waals surface area contributed by atoms with Gasteiger partial charge in [0.05, 0.1) is 19.8 Å². The van der Waals surface area contributed by atoms with Crippen molar-refractivity contribution in [2.24, 2.45) is 0 Å². The fourth-order valence-electron chi connectivity index (χ4n) is 1.59. The van der Waals surface area contributed by atoms with Gasteiger partial charge in [0, 0.05) is 19.1 Å². The molecule has 0 N–H and O–H groups in total. The molecule has 0 aromatic carbocycles. The number of carbonyl (C=O) groups excluding carboxylic acids is 1. The summed E-state index contributed by atoms with van der Waals surface area (Å²) in [6.07, 6.45) is 1.08. The number of amides is 1. The van der Waals surface area contributed by atoms with Gasteiger partial charge in [0.15, 0.2) is 0 Å². The predicted octanol–water partition coefficient (Wildman–Crippen LogP) is 0.575. The Hall–Kier alpha value is -0.610. The number of likely N-dealkylation sites (N-methyl/N-ethyl adjacent to an activating group) is 1. The van der Waals surface area contributed by atoms with E-state index in [9.17, 15) is 4.79 Å². The maximum absolute atomic E-state index is 11.9. The maximum Gasteiger partial charge on any atom is 0.236 e. The molecule has 4 nitrogen and oxygen atoms in total. The summed E-state index contributed by atoms with van der Waals surface area (Å²) in [6, 6.07) is 0.468. The van der Waals surface area contributed by atoms with E-state index in [0.29, 0.717) is 25.8 Å². The predicted molar refractivity (Wildman–Crippen MR) is 59.8 cm³/mol. The summed E-state index contributed by atoms with van der Waals surface area (Å²) in [4.78, 5) is 15.9. The standard InChI is InChI=1S/C11H22N2O2/c1-4-10(2)12(3)9-11(14)13-5-7-15-8-6-13/h10H,4-9H2,1-3H3. The molecule has 88 valence electrons. The van der Waals surface area contributed by atoms with Crippen molar-refractivity contribution >= 4 is 5.91 Å². The van der Waals surface area contributed by atoms with E-state index >= 15 is 0 Å². The highest BCUT2D eigenvalue weighted by molar-refractivity contribution is 5.78. The van der Waals surface area contributed by atoms with E-state index in [4.69, 9.17) is 4.74 Å². The normalized spacial score (nSPS) is 19.3. The highest BCUT2D eigenvalue weighted by atomic mass is 16.5. The lowest BCUT2D eigenvalue weighted by molar-refractivity contribution is -0.136. The number of morpholine rings is 1. The molecule has 1 amide bonds. The molecule has 1 fully saturated rings. The SMILES string of the molecule is CCC(C)N(C)CC(=O)N1CCOCC1. The van der Waals surface area contributed by atoms with Gasteiger partial charge in [-0.2, -0.15) is 0 Å². The second-order valence-corrected chi connectivity index (χ2v) is 4.17. The fourth-order valence-corrected chi connectivity index (χ4v) is 1.59. The maximum atomic E-state index is 11.9. The van der Waals surface area contributed by atoms with E-state index in [-0.39, 0.29) is 5.91 Å². The molecule has 1 saturated heterocycles. The van der Waals surface area contributed by atoms with E-state index in [1.54, 1.807) is 0 Å². The van der Waals surface area contributed by atoms with Crippen LogP contribution in [0.2, 0.25) is 0 Å². The Bertz CT molecular complexity index is 203. The van der Waals surface area contributed by atoms with Crippen molar-refractivity contribution in [3.05, 3.63) is 0 Å². The minimum Gasteiger partial charge on any atom is -0.378 e. The molecule has 1 atom stereocenters. The average molecular weight is 214 g/mol. The second-order valence-electron chi connectivity index (χ2n) is 4.17. The molecular weight excluding hydrogens is 192 g/mol. The molecule has 0 aliphatic carbocycles. The first kappa shape index (κ1) is 12.5. The summed E-state index contributed by atoms with van der Waals surface area (Å²) in [6.45, 7) is 7.65. The Balaban J connectivity index is 2.33. The zero-order valence-electron chi connectivity index (χ0n) is 10.0. The third-order valence-electron chi connectivity index (χ3n) is 3.09. The molecule has 1 aliphatic rings. The quantitative estimate of drug-likeness (QED) is 0.686. The van der Waals surface area contributed by atoms with Crippen LogP contribution in [0.4, 0.5) is 0 Å². The van der Waals surface area contributed by atoms with Crippen molar-refractivity contribution in [1.29, 1.82) is 0 Å². The zero-order valence-corrected chi connectivity index (χ0v) is 10.0. The van der Waals surface area contributed by atoms with Gasteiger partial charge >= 0.3 is 0 Å². The lowest BCUT2D eigenvalue weighted by Gasteiger charge is -2.30. The largest absolute Gasteiger partial charge is 0.378 e. The van der Waals surface area contributed by atoms with Crippen molar-refractivity contribution in [2.45, 2.75) is 26.3 Å². The third kappa shape index (κ3) is 3.80. The van der Waals surface area contributed by atoms with Crippen LogP contribution in [0.1, 0.15) is 20.3 Å². The summed E-state index contributed by atoms with van der Waals surface area (Å²) >= 11 is 0. The van der Waals surface area contributed by atoms with Crippen LogP contribution in [0.15, 0.2) is 0 Å². The van der Waals surface area contributed by atoms with Gasteiger partial charge in [0.2, 0.25) is 5.91 Å². The van der Waals surface area contributed by atoms with Crippen LogP contribution in [-0.2, 0) is 9.53 Å². The molecule has 1 heterocycles. The summed E-state index contributed by atoms with van der Waals surface area (Å²) < 4.78 is 5.22. The average Bonchev–Trinajstić information content (AvgIpc) is 2.29. The van der Waals surface area contributed by atoms with Crippen LogP contribution in [0.3, 0.4) is 0 Å². The Kier molecular flexibility index (Phi) is 5.05. The van der Waals surface area contributed by atoms with Gasteiger partial charge in [-0.15, -0.1) is 0 Å². The van der Waals surface area contributed by atoms with Crippen LogP contribution >= 0.6 is 0 Å². The van der Waals surface area contributed by atoms with Crippen LogP contribution in [-0.4, -0.2) is 61.6 Å². The summed E-state index contributed by atoms with van der Waals surface area (Å²) in [5.74, 6) is 0.223. The van der Waals surface area contributed by atoms with Crippen molar-refractivity contribution < 1.29 is 9.53 Å². The van der Waals surface area contributed by atoms with Crippen LogP contribution < -0.4 is 0 Å². The summed E-state index contributed by atoms with van der Waals surface area (Å²) in [5.41, 5.74) is 0. The topological polar surface area (TPSA) is 32.8 Å². The van der Waals surface area contributed by atoms with Crippen LogP contribution in [0.25, 0.3) is 0 Å². The molecule has 0 bridgehead atoms. The molecule has 0 radical (unpaired) electrons. The first-order chi connectivity index (χ1) is 7.15. The molecule has 0 aromatic rings. The van der Waals surface area contributed by atoms with Crippen LogP contribution in [0, 0.1) is 0 Å². The number of carbonyl (C=O) groups is 1. The summed E-state index contributed by atoms with van der Waals surface area (Å²) in [7, 11) is 2.01. The number of ether oxygens (including phenoxy) is 1. The minimum absolute atomic E-state index is 0.223. The number of nitrogens with zero attached hydrogens (tertiary/aromatic N) is 2. The van der Waals surface area contributed by atoms with Crippen molar-refractivity contribution in [3.63, 3.8) is 0 Å². The lowest BCUT2D eigenvalue weighted by Crippen LogP contribution is -2.46. The van der Waals surface area contributed by atoms with Gasteiger partial charge in [-0.05, 0) is 20.4 Å². The second kappa shape index (κ2) is 6.08. The lowest BCUT2D eigenvalue weighted by atomic mass is 10.2. The first-order valence-corrected chi connectivity index (χ1v) is 5.71. The van der Waals surface area contributed by atoms with E-state index in [1.165, 1.54) is 0 Å². The van der Waals surface area contributed by atoms with Gasteiger partial charge in [-0.25, -0.2) is 0 Å². The van der Waals surface area contributed by atoms with Crippen LogP contribution in [0.5, 0.6) is 0 Å². The molecule has 0 saturated carbocycles. The zero-order chi connectivity index (χ0) is 11.3. The van der Waals surface area contributed by atoms with E-state index in [0.717, 1.165) is 19.5 Å². The molecule has 15 heavy (non-hydrogen) atoms. The summed E-state index contributed by atoms with van der Waals surface area (Å²) in [5, 5.41) is 0. The Labute approximate surface area is 92.2 Å². The molecular formula is C11H22N2O2. The fraction of sp³-hybridized carbons (Fsp3) is 0.909. The van der Waals surface area contributed by atoms with Gasteiger partial charge < -0.3 is 9.64 Å². The highest BCUT2D eigenvalue weighted by Gasteiger charge is 2.19.